The molecular formula is C22H27F3N2O2. The quantitative estimate of drug-likeness (QED) is 0.634. The molecule has 1 saturated heterocycles. The van der Waals surface area contributed by atoms with Crippen molar-refractivity contribution in [3.63, 3.8) is 0 Å². The van der Waals surface area contributed by atoms with Crippen molar-refractivity contribution < 1.29 is 22.4 Å². The van der Waals surface area contributed by atoms with E-state index in [0.717, 1.165) is 37.2 Å². The number of halogens is 3. The zero-order chi connectivity index (χ0) is 21.2. The van der Waals surface area contributed by atoms with E-state index in [1.165, 1.54) is 12.1 Å². The monoisotopic (exact) mass is 408 g/mol. The van der Waals surface area contributed by atoms with E-state index >= 15 is 0 Å². The Bertz CT molecular complexity index is 841. The van der Waals surface area contributed by atoms with Crippen molar-refractivity contribution in [2.75, 3.05) is 13.1 Å². The third-order valence-corrected chi connectivity index (χ3v) is 5.30. The summed E-state index contributed by atoms with van der Waals surface area (Å²) in [5, 5.41) is 0. The Labute approximate surface area is 169 Å². The number of rotatable bonds is 6. The molecule has 0 saturated carbocycles. The highest BCUT2D eigenvalue weighted by atomic mass is 19.4. The Hall–Kier alpha value is -2.15. The summed E-state index contributed by atoms with van der Waals surface area (Å²) in [5.74, 6) is 1.72. The van der Waals surface area contributed by atoms with Crippen LogP contribution in [-0.4, -0.2) is 28.8 Å². The summed E-state index contributed by atoms with van der Waals surface area (Å²) in [7, 11) is 0. The second-order valence-corrected chi connectivity index (χ2v) is 8.24. The van der Waals surface area contributed by atoms with E-state index in [0.29, 0.717) is 48.4 Å². The largest absolute Gasteiger partial charge is 0.441 e. The van der Waals surface area contributed by atoms with Crippen LogP contribution in [0.5, 0.6) is 0 Å². The van der Waals surface area contributed by atoms with Gasteiger partial charge in [-0.1, -0.05) is 13.8 Å². The highest BCUT2D eigenvalue weighted by molar-refractivity contribution is 5.81. The van der Waals surface area contributed by atoms with Crippen molar-refractivity contribution in [1.82, 2.24) is 9.88 Å². The third kappa shape index (κ3) is 5.47. The first-order valence-corrected chi connectivity index (χ1v) is 10.0. The van der Waals surface area contributed by atoms with E-state index < -0.39 is 11.7 Å². The van der Waals surface area contributed by atoms with Gasteiger partial charge in [0.05, 0.1) is 11.3 Å². The average molecular weight is 408 g/mol. The second kappa shape index (κ2) is 8.69. The van der Waals surface area contributed by atoms with Gasteiger partial charge in [0.25, 0.3) is 0 Å². The average Bonchev–Trinajstić information content (AvgIpc) is 3.01. The summed E-state index contributed by atoms with van der Waals surface area (Å²) in [5.41, 5.74) is 0.572. The topological polar surface area (TPSA) is 46.3 Å². The lowest BCUT2D eigenvalue weighted by molar-refractivity contribution is -0.137. The molecular weight excluding hydrogens is 381 g/mol. The molecule has 1 aromatic carbocycles. The van der Waals surface area contributed by atoms with Crippen LogP contribution < -0.4 is 0 Å². The number of hydrogen-bond donors (Lipinski definition) is 0. The van der Waals surface area contributed by atoms with Gasteiger partial charge in [0.2, 0.25) is 5.89 Å². The molecule has 7 heteroatoms. The molecule has 0 radical (unpaired) electrons. The molecule has 1 aromatic heterocycles. The fraction of sp³-hybridized carbons (Fsp3) is 0.545. The van der Waals surface area contributed by atoms with Crippen molar-refractivity contribution in [3.8, 4) is 11.5 Å². The van der Waals surface area contributed by atoms with Gasteiger partial charge >= 0.3 is 6.18 Å². The minimum atomic E-state index is -4.37. The fourth-order valence-electron chi connectivity index (χ4n) is 3.74. The number of likely N-dealkylation sites (tertiary alicyclic amines) is 1. The van der Waals surface area contributed by atoms with Crippen molar-refractivity contribution >= 4 is 5.78 Å². The number of ketones is 1. The zero-order valence-electron chi connectivity index (χ0n) is 17.1. The summed E-state index contributed by atoms with van der Waals surface area (Å²) in [6.07, 6.45) is -1.86. The molecule has 2 heterocycles. The molecule has 3 rings (SSSR count). The predicted molar refractivity (Wildman–Crippen MR) is 104 cm³/mol. The van der Waals surface area contributed by atoms with Crippen LogP contribution in [0, 0.1) is 18.8 Å². The third-order valence-electron chi connectivity index (χ3n) is 5.30. The van der Waals surface area contributed by atoms with Crippen LogP contribution in [0.4, 0.5) is 13.2 Å². The van der Waals surface area contributed by atoms with Gasteiger partial charge in [0.1, 0.15) is 11.5 Å². The number of alkyl halides is 3. The second-order valence-electron chi connectivity index (χ2n) is 8.24. The molecule has 0 spiro atoms. The Morgan fingerprint density at radius 2 is 1.97 bits per heavy atom. The van der Waals surface area contributed by atoms with Crippen LogP contribution >= 0.6 is 0 Å². The van der Waals surface area contributed by atoms with Gasteiger partial charge in [-0.25, -0.2) is 4.98 Å². The summed E-state index contributed by atoms with van der Waals surface area (Å²) in [6, 6.07) is 4.81. The Kier molecular flexibility index (Phi) is 6.46. The molecule has 0 unspecified atom stereocenters. The summed E-state index contributed by atoms with van der Waals surface area (Å²) in [4.78, 5) is 19.1. The predicted octanol–water partition coefficient (Wildman–Crippen LogP) is 5.50. The smallest absolute Gasteiger partial charge is 0.416 e. The van der Waals surface area contributed by atoms with Crippen molar-refractivity contribution in [2.24, 2.45) is 11.8 Å². The van der Waals surface area contributed by atoms with Crippen LogP contribution in [0.25, 0.3) is 11.5 Å². The Morgan fingerprint density at radius 1 is 1.28 bits per heavy atom. The molecule has 0 bridgehead atoms. The molecule has 4 nitrogen and oxygen atoms in total. The number of benzene rings is 1. The van der Waals surface area contributed by atoms with Gasteiger partial charge < -0.3 is 4.42 Å². The molecule has 158 valence electrons. The number of aromatic nitrogens is 1. The lowest BCUT2D eigenvalue weighted by atomic mass is 9.89. The molecule has 0 N–H and O–H groups in total. The summed E-state index contributed by atoms with van der Waals surface area (Å²) < 4.78 is 43.9. The highest BCUT2D eigenvalue weighted by Gasteiger charge is 2.30. The van der Waals surface area contributed by atoms with E-state index in [1.807, 2.05) is 0 Å². The first-order valence-electron chi connectivity index (χ1n) is 10.0. The van der Waals surface area contributed by atoms with Gasteiger partial charge in [0.15, 0.2) is 0 Å². The van der Waals surface area contributed by atoms with Crippen molar-refractivity contribution in [3.05, 3.63) is 41.3 Å². The van der Waals surface area contributed by atoms with Gasteiger partial charge in [-0.2, -0.15) is 13.2 Å². The van der Waals surface area contributed by atoms with E-state index in [4.69, 9.17) is 4.42 Å². The first kappa shape index (κ1) is 21.6. The molecule has 1 atom stereocenters. The van der Waals surface area contributed by atoms with Crippen LogP contribution in [-0.2, 0) is 17.5 Å². The first-order chi connectivity index (χ1) is 13.6. The number of Topliss-reactive ketones (excluding diaryl/α,β-unsaturated/α-hetero) is 1. The van der Waals surface area contributed by atoms with Crippen molar-refractivity contribution in [1.29, 1.82) is 0 Å². The molecule has 1 aliphatic rings. The SMILES string of the molecule is Cc1oc(-c2ccc(C(F)(F)F)cc2)nc1CN1CCC[C@@H](C(=O)CC(C)C)C1. The van der Waals surface area contributed by atoms with E-state index in [-0.39, 0.29) is 5.92 Å². The number of carbonyl (C=O) groups excluding carboxylic acids is 1. The number of nitrogens with zero attached hydrogens (tertiary/aromatic N) is 2. The zero-order valence-corrected chi connectivity index (χ0v) is 17.1. The maximum atomic E-state index is 12.7. The van der Waals surface area contributed by atoms with E-state index in [9.17, 15) is 18.0 Å². The van der Waals surface area contributed by atoms with Crippen LogP contribution in [0.2, 0.25) is 0 Å². The van der Waals surface area contributed by atoms with E-state index in [1.54, 1.807) is 6.92 Å². The molecule has 2 aromatic rings. The van der Waals surface area contributed by atoms with Crippen LogP contribution in [0.3, 0.4) is 0 Å². The minimum Gasteiger partial charge on any atom is -0.441 e. The fourth-order valence-corrected chi connectivity index (χ4v) is 3.74. The number of carbonyl (C=O) groups is 1. The van der Waals surface area contributed by atoms with Gasteiger partial charge in [-0.15, -0.1) is 0 Å². The van der Waals surface area contributed by atoms with E-state index in [2.05, 4.69) is 23.7 Å². The Morgan fingerprint density at radius 3 is 2.59 bits per heavy atom. The van der Waals surface area contributed by atoms with Gasteiger partial charge in [-0.3, -0.25) is 9.69 Å². The number of hydrogen-bond acceptors (Lipinski definition) is 4. The maximum Gasteiger partial charge on any atom is 0.416 e. The maximum absolute atomic E-state index is 12.7. The summed E-state index contributed by atoms with van der Waals surface area (Å²) in [6.45, 7) is 8.10. The lowest BCUT2D eigenvalue weighted by Gasteiger charge is -2.31. The molecule has 0 aliphatic carbocycles. The molecule has 0 amide bonds. The Balaban J connectivity index is 1.68. The minimum absolute atomic E-state index is 0.0627. The van der Waals surface area contributed by atoms with Gasteiger partial charge in [-0.05, 0) is 56.5 Å². The molecule has 1 aliphatic heterocycles. The van der Waals surface area contributed by atoms with Gasteiger partial charge in [0, 0.05) is 31.0 Å². The number of aryl methyl sites for hydroxylation is 1. The summed E-state index contributed by atoms with van der Waals surface area (Å²) >= 11 is 0. The number of oxazole rings is 1. The van der Waals surface area contributed by atoms with Crippen LogP contribution in [0.15, 0.2) is 28.7 Å². The normalized spacial score (nSPS) is 18.4. The number of piperidine rings is 1. The van der Waals surface area contributed by atoms with Crippen LogP contribution in [0.1, 0.15) is 50.1 Å². The van der Waals surface area contributed by atoms with Crippen molar-refractivity contribution in [2.45, 2.75) is 52.8 Å². The molecule has 1 fully saturated rings. The lowest BCUT2D eigenvalue weighted by Crippen LogP contribution is -2.38. The standard InChI is InChI=1S/C22H27F3N2O2/c1-14(2)11-20(28)17-5-4-10-27(12-17)13-19-15(3)29-21(26-19)16-6-8-18(9-7-16)22(23,24)25/h6-9,14,17H,4-5,10-13H2,1-3H3/t17-/m1/s1. The molecule has 29 heavy (non-hydrogen) atoms. The highest BCUT2D eigenvalue weighted by Crippen LogP contribution is 2.31.